The highest BCUT2D eigenvalue weighted by molar-refractivity contribution is 6.30. The first kappa shape index (κ1) is 23.3. The summed E-state index contributed by atoms with van der Waals surface area (Å²) in [5.41, 5.74) is -0.620. The average Bonchev–Trinajstić information content (AvgIpc) is 3.28. The van der Waals surface area contributed by atoms with Gasteiger partial charge in [0.2, 0.25) is 0 Å². The molecule has 0 aliphatic rings. The van der Waals surface area contributed by atoms with E-state index in [4.69, 9.17) is 16.7 Å². The molecule has 0 aliphatic heterocycles. The van der Waals surface area contributed by atoms with Crippen LogP contribution in [0.3, 0.4) is 0 Å². The Morgan fingerprint density at radius 3 is 2.53 bits per heavy atom. The van der Waals surface area contributed by atoms with E-state index in [0.29, 0.717) is 15.2 Å². The third-order valence-electron chi connectivity index (χ3n) is 4.36. The number of carbonyl (C=O) groups is 1. The molecule has 0 aliphatic carbocycles. The summed E-state index contributed by atoms with van der Waals surface area (Å²) in [6, 6.07) is 5.16. The zero-order valence-corrected chi connectivity index (χ0v) is 17.1. The van der Waals surface area contributed by atoms with Crippen LogP contribution in [0.1, 0.15) is 24.6 Å². The molecule has 0 saturated carbocycles. The van der Waals surface area contributed by atoms with Gasteiger partial charge in [-0.25, -0.2) is 14.3 Å². The number of halogens is 4. The predicted molar refractivity (Wildman–Crippen MR) is 104 cm³/mol. The van der Waals surface area contributed by atoms with Crippen LogP contribution in [0.25, 0.3) is 11.4 Å². The van der Waals surface area contributed by atoms with Gasteiger partial charge in [0, 0.05) is 10.6 Å². The van der Waals surface area contributed by atoms with Crippen molar-refractivity contribution in [1.29, 1.82) is 0 Å². The second kappa shape index (κ2) is 9.00. The minimum atomic E-state index is -4.94. The number of hydrogen-bond acceptors (Lipinski definition) is 6. The van der Waals surface area contributed by atoms with Crippen molar-refractivity contribution < 1.29 is 28.2 Å². The summed E-state index contributed by atoms with van der Waals surface area (Å²) < 4.78 is 40.2. The minimum absolute atomic E-state index is 0.115. The lowest BCUT2D eigenvalue weighted by Gasteiger charge is -2.15. The van der Waals surface area contributed by atoms with E-state index < -0.39 is 36.6 Å². The molecule has 1 amide bonds. The van der Waals surface area contributed by atoms with Crippen LogP contribution < -0.4 is 11.0 Å². The molecule has 172 valence electrons. The number of benzene rings is 1. The van der Waals surface area contributed by atoms with Gasteiger partial charge in [-0.2, -0.15) is 13.2 Å². The maximum Gasteiger partial charge on any atom is 0.416 e. The zero-order chi connectivity index (χ0) is 23.6. The summed E-state index contributed by atoms with van der Waals surface area (Å²) in [5, 5.41) is 32.5. The molecular weight excluding hydrogens is 459 g/mol. The molecule has 1 aromatic carbocycles. The molecule has 0 bridgehead atoms. The molecule has 4 N–H and O–H groups in total. The van der Waals surface area contributed by atoms with Gasteiger partial charge in [0.25, 0.3) is 0 Å². The van der Waals surface area contributed by atoms with Gasteiger partial charge in [0.1, 0.15) is 6.54 Å². The molecule has 0 radical (unpaired) electrons. The lowest BCUT2D eigenvalue weighted by Crippen LogP contribution is -2.37. The fourth-order valence-corrected chi connectivity index (χ4v) is 2.90. The third-order valence-corrected chi connectivity index (χ3v) is 4.61. The number of nitrogens with one attached hydrogen (secondary N) is 2. The highest BCUT2D eigenvalue weighted by Gasteiger charge is 2.39. The molecule has 2 heterocycles. The van der Waals surface area contributed by atoms with Crippen molar-refractivity contribution in [1.82, 2.24) is 34.8 Å². The van der Waals surface area contributed by atoms with Gasteiger partial charge in [-0.15, -0.1) is 15.3 Å². The molecule has 3 rings (SSSR count). The topological polar surface area (TPSA) is 151 Å². The number of aliphatic hydroxyl groups is 1. The zero-order valence-electron chi connectivity index (χ0n) is 16.3. The average molecular weight is 476 g/mol. The Balaban J connectivity index is 1.96. The van der Waals surface area contributed by atoms with Crippen LogP contribution in [0.4, 0.5) is 18.0 Å². The summed E-state index contributed by atoms with van der Waals surface area (Å²) in [6.07, 6.45) is -9.00. The SMILES string of the molecule is C[C@H](NC(=O)O)c1nnc(Cn2nc(-c3ccc(Cl)cc3)n(C[C@H](O)C(F)(F)F)c2=O)[nH]1. The molecule has 2 aromatic heterocycles. The number of carboxylic acid groups (broad SMARTS) is 1. The summed E-state index contributed by atoms with van der Waals surface area (Å²) in [6.45, 7) is 0.152. The van der Waals surface area contributed by atoms with E-state index in [0.717, 1.165) is 4.68 Å². The second-order valence-electron chi connectivity index (χ2n) is 6.77. The van der Waals surface area contributed by atoms with E-state index in [1.54, 1.807) is 0 Å². The lowest BCUT2D eigenvalue weighted by molar-refractivity contribution is -0.207. The van der Waals surface area contributed by atoms with Gasteiger partial charge in [0.15, 0.2) is 23.6 Å². The Morgan fingerprint density at radius 1 is 1.28 bits per heavy atom. The maximum atomic E-state index is 12.9. The number of hydrogen-bond donors (Lipinski definition) is 4. The van der Waals surface area contributed by atoms with Crippen molar-refractivity contribution >= 4 is 17.7 Å². The van der Waals surface area contributed by atoms with Crippen molar-refractivity contribution in [3.05, 3.63) is 51.4 Å². The van der Waals surface area contributed by atoms with Crippen LogP contribution in [0.5, 0.6) is 0 Å². The fourth-order valence-electron chi connectivity index (χ4n) is 2.77. The molecule has 11 nitrogen and oxygen atoms in total. The number of rotatable bonds is 7. The van der Waals surface area contributed by atoms with Gasteiger partial charge < -0.3 is 20.5 Å². The van der Waals surface area contributed by atoms with Gasteiger partial charge >= 0.3 is 18.0 Å². The van der Waals surface area contributed by atoms with Gasteiger partial charge in [-0.1, -0.05) is 11.6 Å². The Morgan fingerprint density at radius 2 is 1.94 bits per heavy atom. The largest absolute Gasteiger partial charge is 0.465 e. The number of H-pyrrole nitrogens is 1. The van der Waals surface area contributed by atoms with Crippen LogP contribution >= 0.6 is 11.6 Å². The van der Waals surface area contributed by atoms with Crippen LogP contribution in [0.15, 0.2) is 29.1 Å². The van der Waals surface area contributed by atoms with Gasteiger partial charge in [-0.3, -0.25) is 4.57 Å². The molecule has 3 aromatic rings. The molecule has 2 atom stereocenters. The predicted octanol–water partition coefficient (Wildman–Crippen LogP) is 1.78. The fraction of sp³-hybridized carbons (Fsp3) is 0.353. The van der Waals surface area contributed by atoms with Crippen LogP contribution in [0.2, 0.25) is 5.02 Å². The minimum Gasteiger partial charge on any atom is -0.465 e. The van der Waals surface area contributed by atoms with Gasteiger partial charge in [-0.05, 0) is 31.2 Å². The molecule has 0 unspecified atom stereocenters. The summed E-state index contributed by atoms with van der Waals surface area (Å²) >= 11 is 5.84. The standard InChI is InChI=1S/C17H17ClF3N7O4/c1-8(22-15(30)31)13-23-12(24-25-13)7-28-16(32)27(6-11(29)17(19,20)21)14(26-28)9-2-4-10(18)5-3-9/h2-5,8,11,22,29H,6-7H2,1H3,(H,30,31)(H,23,24,25)/t8-,11-/m0/s1. The summed E-state index contributed by atoms with van der Waals surface area (Å²) in [7, 11) is 0. The third kappa shape index (κ3) is 5.26. The van der Waals surface area contributed by atoms with Crippen molar-refractivity contribution in [3.8, 4) is 11.4 Å². The molecule has 15 heteroatoms. The van der Waals surface area contributed by atoms with E-state index in [9.17, 15) is 27.9 Å². The first-order chi connectivity index (χ1) is 15.0. The van der Waals surface area contributed by atoms with Crippen LogP contribution in [-0.4, -0.2) is 58.1 Å². The van der Waals surface area contributed by atoms with Crippen molar-refractivity contribution in [2.24, 2.45) is 0 Å². The van der Waals surface area contributed by atoms with E-state index >= 15 is 0 Å². The van der Waals surface area contributed by atoms with E-state index in [-0.39, 0.29) is 24.0 Å². The molecule has 0 fully saturated rings. The quantitative estimate of drug-likeness (QED) is 0.406. The monoisotopic (exact) mass is 475 g/mol. The Labute approximate surface area is 182 Å². The van der Waals surface area contributed by atoms with E-state index in [2.05, 4.69) is 25.6 Å². The highest BCUT2D eigenvalue weighted by atomic mass is 35.5. The number of alkyl halides is 3. The summed E-state index contributed by atoms with van der Waals surface area (Å²) in [5.74, 6) is 0.167. The Kier molecular flexibility index (Phi) is 6.55. The van der Waals surface area contributed by atoms with Gasteiger partial charge in [0.05, 0.1) is 12.6 Å². The first-order valence-corrected chi connectivity index (χ1v) is 9.42. The maximum absolute atomic E-state index is 12.9. The van der Waals surface area contributed by atoms with Crippen molar-refractivity contribution in [3.63, 3.8) is 0 Å². The number of nitrogens with zero attached hydrogens (tertiary/aromatic N) is 5. The molecule has 0 spiro atoms. The number of aromatic nitrogens is 6. The Hall–Kier alpha value is -3.39. The lowest BCUT2D eigenvalue weighted by atomic mass is 10.2. The van der Waals surface area contributed by atoms with Crippen LogP contribution in [0, 0.1) is 0 Å². The summed E-state index contributed by atoms with van der Waals surface area (Å²) in [4.78, 5) is 26.3. The second-order valence-corrected chi connectivity index (χ2v) is 7.20. The Bertz CT molecular complexity index is 1160. The molecular formula is C17H17ClF3N7O4. The van der Waals surface area contributed by atoms with Crippen LogP contribution in [-0.2, 0) is 13.1 Å². The number of aromatic amines is 1. The van der Waals surface area contributed by atoms with Crippen molar-refractivity contribution in [2.75, 3.05) is 0 Å². The molecule has 32 heavy (non-hydrogen) atoms. The smallest absolute Gasteiger partial charge is 0.416 e. The number of aliphatic hydroxyl groups excluding tert-OH is 1. The molecule has 0 saturated heterocycles. The van der Waals surface area contributed by atoms with E-state index in [1.165, 1.54) is 31.2 Å². The van der Waals surface area contributed by atoms with Crippen molar-refractivity contribution in [2.45, 2.75) is 38.3 Å². The number of amides is 1. The van der Waals surface area contributed by atoms with E-state index in [1.807, 2.05) is 0 Å². The first-order valence-electron chi connectivity index (χ1n) is 9.05. The normalized spacial score (nSPS) is 13.7. The highest BCUT2D eigenvalue weighted by Crippen LogP contribution is 2.24.